The maximum Gasteiger partial charge on any atom is 0.319 e. The Labute approximate surface area is 179 Å². The molecule has 1 unspecified atom stereocenters. The third-order valence-electron chi connectivity index (χ3n) is 6.16. The minimum Gasteiger partial charge on any atom is -0.352 e. The van der Waals surface area contributed by atoms with Crippen LogP contribution >= 0.6 is 0 Å². The number of nitrogens with one attached hydrogen (secondary N) is 2. The number of benzene rings is 1. The molecule has 0 aliphatic carbocycles. The van der Waals surface area contributed by atoms with Crippen molar-refractivity contribution in [3.8, 4) is 0 Å². The molecule has 7 nitrogen and oxygen atoms in total. The van der Waals surface area contributed by atoms with Crippen molar-refractivity contribution in [2.24, 2.45) is 5.92 Å². The number of nitrogens with zero attached hydrogens (tertiary/aromatic N) is 2. The van der Waals surface area contributed by atoms with E-state index >= 15 is 0 Å². The van der Waals surface area contributed by atoms with E-state index in [4.69, 9.17) is 0 Å². The molecule has 7 heteroatoms. The van der Waals surface area contributed by atoms with Crippen LogP contribution in [0.5, 0.6) is 0 Å². The molecule has 1 aromatic carbocycles. The average Bonchev–Trinajstić information content (AvgIpc) is 3.32. The molecule has 0 bridgehead atoms. The molecule has 1 aromatic rings. The molecule has 164 valence electrons. The maximum atomic E-state index is 12.6. The summed E-state index contributed by atoms with van der Waals surface area (Å²) >= 11 is 0. The van der Waals surface area contributed by atoms with E-state index in [0.29, 0.717) is 38.0 Å². The molecule has 2 aliphatic heterocycles. The van der Waals surface area contributed by atoms with Gasteiger partial charge in [0.2, 0.25) is 5.91 Å². The Morgan fingerprint density at radius 2 is 1.73 bits per heavy atom. The van der Waals surface area contributed by atoms with E-state index in [-0.39, 0.29) is 29.8 Å². The Balaban J connectivity index is 1.45. The Hall–Kier alpha value is -2.57. The minimum absolute atomic E-state index is 0.0257. The molecule has 2 N–H and O–H groups in total. The van der Waals surface area contributed by atoms with Gasteiger partial charge in [-0.1, -0.05) is 19.1 Å². The number of urea groups is 1. The maximum absolute atomic E-state index is 12.6. The summed E-state index contributed by atoms with van der Waals surface area (Å²) in [6, 6.07) is 7.63. The van der Waals surface area contributed by atoms with Crippen molar-refractivity contribution >= 4 is 17.8 Å². The van der Waals surface area contributed by atoms with Gasteiger partial charge in [-0.15, -0.1) is 0 Å². The lowest BCUT2D eigenvalue weighted by Gasteiger charge is -2.34. The van der Waals surface area contributed by atoms with Crippen molar-refractivity contribution in [3.05, 3.63) is 35.4 Å². The predicted molar refractivity (Wildman–Crippen MR) is 116 cm³/mol. The fourth-order valence-electron chi connectivity index (χ4n) is 4.01. The fourth-order valence-corrected chi connectivity index (χ4v) is 4.01. The van der Waals surface area contributed by atoms with Crippen LogP contribution in [0, 0.1) is 5.92 Å². The number of carbonyl (C=O) groups excluding carboxylic acids is 3. The van der Waals surface area contributed by atoms with E-state index in [2.05, 4.69) is 10.6 Å². The molecule has 1 atom stereocenters. The molecule has 2 fully saturated rings. The molecule has 0 saturated carbocycles. The molecular weight excluding hydrogens is 380 g/mol. The van der Waals surface area contributed by atoms with E-state index in [0.717, 1.165) is 37.9 Å². The summed E-state index contributed by atoms with van der Waals surface area (Å²) in [4.78, 5) is 41.2. The van der Waals surface area contributed by atoms with Gasteiger partial charge in [0.05, 0.1) is 0 Å². The minimum atomic E-state index is -0.0902. The summed E-state index contributed by atoms with van der Waals surface area (Å²) in [6.07, 6.45) is 4.45. The first-order chi connectivity index (χ1) is 14.5. The van der Waals surface area contributed by atoms with Crippen LogP contribution in [0.25, 0.3) is 0 Å². The zero-order valence-electron chi connectivity index (χ0n) is 18.2. The molecule has 2 heterocycles. The number of hydrogen-bond acceptors (Lipinski definition) is 3. The van der Waals surface area contributed by atoms with Crippen LogP contribution in [0.2, 0.25) is 0 Å². The first-order valence-corrected chi connectivity index (χ1v) is 11.2. The Kier molecular flexibility index (Phi) is 7.71. The van der Waals surface area contributed by atoms with Crippen LogP contribution in [-0.2, 0) is 11.3 Å². The number of piperidine rings is 1. The van der Waals surface area contributed by atoms with Gasteiger partial charge in [0.25, 0.3) is 5.91 Å². The number of carbonyl (C=O) groups is 3. The van der Waals surface area contributed by atoms with Crippen molar-refractivity contribution < 1.29 is 14.4 Å². The highest BCUT2D eigenvalue weighted by molar-refractivity contribution is 5.94. The largest absolute Gasteiger partial charge is 0.352 e. The second-order valence-corrected chi connectivity index (χ2v) is 8.44. The number of hydrogen-bond donors (Lipinski definition) is 2. The standard InChI is InChI=1S/C23H34N4O3/c1-3-17(2)25-22(29)20-8-6-7-18(15-20)16-24-21(28)19-9-13-27(14-10-19)23(30)26-11-4-5-12-26/h6-8,15,17,19H,3-5,9-14,16H2,1-2H3,(H,24,28)(H,25,29). The summed E-state index contributed by atoms with van der Waals surface area (Å²) in [7, 11) is 0. The Morgan fingerprint density at radius 1 is 1.07 bits per heavy atom. The van der Waals surface area contributed by atoms with Gasteiger partial charge in [0.15, 0.2) is 0 Å². The van der Waals surface area contributed by atoms with Gasteiger partial charge in [0.1, 0.15) is 0 Å². The monoisotopic (exact) mass is 414 g/mol. The normalized spacial score (nSPS) is 18.2. The number of likely N-dealkylation sites (tertiary alicyclic amines) is 2. The molecular formula is C23H34N4O3. The summed E-state index contributed by atoms with van der Waals surface area (Å²) in [5, 5.41) is 5.96. The van der Waals surface area contributed by atoms with Gasteiger partial charge in [-0.3, -0.25) is 9.59 Å². The van der Waals surface area contributed by atoms with Crippen LogP contribution in [-0.4, -0.2) is 59.9 Å². The quantitative estimate of drug-likeness (QED) is 0.751. The highest BCUT2D eigenvalue weighted by Gasteiger charge is 2.30. The third kappa shape index (κ3) is 5.74. The van der Waals surface area contributed by atoms with Crippen LogP contribution in [0.15, 0.2) is 24.3 Å². The van der Waals surface area contributed by atoms with Crippen LogP contribution in [0.4, 0.5) is 4.79 Å². The first-order valence-electron chi connectivity index (χ1n) is 11.2. The first kappa shape index (κ1) is 22.1. The highest BCUT2D eigenvalue weighted by Crippen LogP contribution is 2.20. The zero-order chi connectivity index (χ0) is 21.5. The summed E-state index contributed by atoms with van der Waals surface area (Å²) in [5.74, 6) is -0.130. The van der Waals surface area contributed by atoms with E-state index in [1.165, 1.54) is 0 Å². The summed E-state index contributed by atoms with van der Waals surface area (Å²) in [6.45, 7) is 7.39. The van der Waals surface area contributed by atoms with Crippen molar-refractivity contribution in [2.45, 2.75) is 58.5 Å². The van der Waals surface area contributed by atoms with Gasteiger partial charge in [-0.05, 0) is 56.7 Å². The second-order valence-electron chi connectivity index (χ2n) is 8.44. The molecule has 0 spiro atoms. The van der Waals surface area contributed by atoms with E-state index in [9.17, 15) is 14.4 Å². The third-order valence-corrected chi connectivity index (χ3v) is 6.16. The molecule has 3 rings (SSSR count). The molecule has 4 amide bonds. The van der Waals surface area contributed by atoms with Gasteiger partial charge >= 0.3 is 6.03 Å². The molecule has 30 heavy (non-hydrogen) atoms. The SMILES string of the molecule is CCC(C)NC(=O)c1cccc(CNC(=O)C2CCN(C(=O)N3CCCC3)CC2)c1. The summed E-state index contributed by atoms with van der Waals surface area (Å²) in [5.41, 5.74) is 1.51. The van der Waals surface area contributed by atoms with E-state index in [1.54, 1.807) is 6.07 Å². The van der Waals surface area contributed by atoms with Gasteiger partial charge in [-0.25, -0.2) is 4.79 Å². The number of amides is 4. The van der Waals surface area contributed by atoms with Gasteiger partial charge < -0.3 is 20.4 Å². The number of rotatable bonds is 6. The van der Waals surface area contributed by atoms with Crippen molar-refractivity contribution in [2.75, 3.05) is 26.2 Å². The van der Waals surface area contributed by atoms with Crippen LogP contribution < -0.4 is 10.6 Å². The van der Waals surface area contributed by atoms with Crippen molar-refractivity contribution in [1.82, 2.24) is 20.4 Å². The van der Waals surface area contributed by atoms with Gasteiger partial charge in [-0.2, -0.15) is 0 Å². The van der Waals surface area contributed by atoms with Crippen LogP contribution in [0.1, 0.15) is 61.9 Å². The second kappa shape index (κ2) is 10.5. The zero-order valence-corrected chi connectivity index (χ0v) is 18.2. The van der Waals surface area contributed by atoms with E-state index in [1.807, 2.05) is 41.8 Å². The molecule has 0 radical (unpaired) electrons. The van der Waals surface area contributed by atoms with Crippen molar-refractivity contribution in [1.29, 1.82) is 0 Å². The molecule has 0 aromatic heterocycles. The van der Waals surface area contributed by atoms with Crippen LogP contribution in [0.3, 0.4) is 0 Å². The smallest absolute Gasteiger partial charge is 0.319 e. The lowest BCUT2D eigenvalue weighted by molar-refractivity contribution is -0.126. The molecule has 2 aliphatic rings. The van der Waals surface area contributed by atoms with Crippen molar-refractivity contribution in [3.63, 3.8) is 0 Å². The Bertz CT molecular complexity index is 753. The van der Waals surface area contributed by atoms with Gasteiger partial charge in [0, 0.05) is 50.2 Å². The Morgan fingerprint density at radius 3 is 2.40 bits per heavy atom. The predicted octanol–water partition coefficient (Wildman–Crippen LogP) is 2.76. The highest BCUT2D eigenvalue weighted by atomic mass is 16.2. The summed E-state index contributed by atoms with van der Waals surface area (Å²) < 4.78 is 0. The van der Waals surface area contributed by atoms with E-state index < -0.39 is 0 Å². The molecule has 2 saturated heterocycles. The lowest BCUT2D eigenvalue weighted by Crippen LogP contribution is -2.47. The lowest BCUT2D eigenvalue weighted by atomic mass is 9.96. The average molecular weight is 415 g/mol. The topological polar surface area (TPSA) is 81.8 Å². The fraction of sp³-hybridized carbons (Fsp3) is 0.609.